The van der Waals surface area contributed by atoms with Crippen LogP contribution < -0.4 is 23.7 Å². The summed E-state index contributed by atoms with van der Waals surface area (Å²) in [5.41, 5.74) is 0.733. The lowest BCUT2D eigenvalue weighted by Gasteiger charge is -2.10. The monoisotopic (exact) mass is 860 g/mol. The van der Waals surface area contributed by atoms with Gasteiger partial charge in [0.1, 0.15) is 23.0 Å². The van der Waals surface area contributed by atoms with Crippen molar-refractivity contribution in [1.82, 2.24) is 0 Å². The van der Waals surface area contributed by atoms with Crippen molar-refractivity contribution in [3.05, 3.63) is 149 Å². The van der Waals surface area contributed by atoms with Gasteiger partial charge in [-0.05, 0) is 128 Å². The third-order valence-corrected chi connectivity index (χ3v) is 9.86. The van der Waals surface area contributed by atoms with Gasteiger partial charge in [0.25, 0.3) is 0 Å². The molecule has 0 saturated heterocycles. The second-order valence-corrected chi connectivity index (χ2v) is 14.8. The summed E-state index contributed by atoms with van der Waals surface area (Å²) < 4.78 is 47.4. The topological polar surface area (TPSA) is 141 Å². The van der Waals surface area contributed by atoms with E-state index in [4.69, 9.17) is 28.4 Å². The maximum Gasteiger partial charge on any atom is 0.343 e. The number of ether oxygens (including phenoxy) is 6. The highest BCUT2D eigenvalue weighted by Crippen LogP contribution is 2.24. The molecule has 0 radical (unpaired) electrons. The molecule has 0 saturated carbocycles. The quantitative estimate of drug-likeness (QED) is 0.0332. The Morgan fingerprint density at radius 3 is 1.19 bits per heavy atom. The summed E-state index contributed by atoms with van der Waals surface area (Å²) in [6.07, 6.45) is 13.5. The average molecular weight is 861 g/mol. The lowest BCUT2D eigenvalue weighted by atomic mass is 10.1. The van der Waals surface area contributed by atoms with Gasteiger partial charge in [-0.3, -0.25) is 0 Å². The molecular formula is C51H53FO11. The minimum absolute atomic E-state index is 0.0310. The van der Waals surface area contributed by atoms with Crippen LogP contribution >= 0.6 is 0 Å². The van der Waals surface area contributed by atoms with Gasteiger partial charge in [0, 0.05) is 0 Å². The molecule has 0 aromatic heterocycles. The second kappa shape index (κ2) is 25.2. The van der Waals surface area contributed by atoms with Crippen molar-refractivity contribution < 1.29 is 56.8 Å². The molecule has 5 aromatic carbocycles. The zero-order valence-corrected chi connectivity index (χ0v) is 35.7. The van der Waals surface area contributed by atoms with Crippen LogP contribution in [0.25, 0.3) is 0 Å². The first-order valence-corrected chi connectivity index (χ1v) is 21.5. The van der Waals surface area contributed by atoms with Gasteiger partial charge in [0.05, 0.1) is 41.0 Å². The number of halogens is 1. The lowest BCUT2D eigenvalue weighted by molar-refractivity contribution is 0.0496. The van der Waals surface area contributed by atoms with Gasteiger partial charge in [0.2, 0.25) is 0 Å². The highest BCUT2D eigenvalue weighted by atomic mass is 19.1. The van der Waals surface area contributed by atoms with Gasteiger partial charge >= 0.3 is 29.8 Å². The minimum Gasteiger partial charge on any atom is -0.494 e. The van der Waals surface area contributed by atoms with Crippen molar-refractivity contribution in [3.63, 3.8) is 0 Å². The van der Waals surface area contributed by atoms with E-state index in [9.17, 15) is 28.4 Å². The van der Waals surface area contributed by atoms with Crippen LogP contribution in [-0.4, -0.2) is 43.1 Å². The third kappa shape index (κ3) is 15.5. The first-order valence-electron chi connectivity index (χ1n) is 21.5. The fourth-order valence-electron chi connectivity index (χ4n) is 6.23. The molecule has 0 aliphatic carbocycles. The van der Waals surface area contributed by atoms with E-state index in [1.807, 2.05) is 0 Å². The summed E-state index contributed by atoms with van der Waals surface area (Å²) in [4.78, 5) is 63.7. The van der Waals surface area contributed by atoms with Crippen molar-refractivity contribution in [1.29, 1.82) is 0 Å². The molecule has 0 heterocycles. The molecule has 0 fully saturated rings. The summed E-state index contributed by atoms with van der Waals surface area (Å²) in [6.45, 7) is 5.30. The molecule has 5 rings (SSSR count). The summed E-state index contributed by atoms with van der Waals surface area (Å²) in [7, 11) is 0. The number of rotatable bonds is 24. The van der Waals surface area contributed by atoms with Gasteiger partial charge in [-0.15, -0.1) is 0 Å². The van der Waals surface area contributed by atoms with Gasteiger partial charge in [-0.2, -0.15) is 0 Å². The molecule has 330 valence electrons. The largest absolute Gasteiger partial charge is 0.494 e. The van der Waals surface area contributed by atoms with Crippen molar-refractivity contribution in [3.8, 4) is 28.7 Å². The van der Waals surface area contributed by atoms with Gasteiger partial charge in [0.15, 0.2) is 11.6 Å². The second-order valence-electron chi connectivity index (χ2n) is 14.8. The Morgan fingerprint density at radius 2 is 0.730 bits per heavy atom. The van der Waals surface area contributed by atoms with E-state index < -0.39 is 41.4 Å². The molecule has 0 spiro atoms. The number of carbonyl (C=O) groups is 5. The Balaban J connectivity index is 1.06. The number of hydrogen-bond donors (Lipinski definition) is 0. The molecule has 5 aromatic rings. The van der Waals surface area contributed by atoms with E-state index in [0.717, 1.165) is 44.2 Å². The smallest absolute Gasteiger partial charge is 0.343 e. The SMILES string of the molecule is CCCCCCCCOC(=O)c1ccc(OC(=O)c2ccc(OC(=O)c3ccc(F)c(OC(=O)c4ccc(OC(=O)c5ccc(OCCCCCCCC)cc5)cc4)c3)cc2)cc1. The summed E-state index contributed by atoms with van der Waals surface area (Å²) in [6, 6.07) is 26.9. The number of hydrogen-bond acceptors (Lipinski definition) is 11. The zero-order valence-electron chi connectivity index (χ0n) is 35.7. The van der Waals surface area contributed by atoms with E-state index >= 15 is 0 Å². The van der Waals surface area contributed by atoms with Gasteiger partial charge in [-0.1, -0.05) is 78.1 Å². The third-order valence-electron chi connectivity index (χ3n) is 9.86. The molecule has 63 heavy (non-hydrogen) atoms. The molecule has 12 heteroatoms. The average Bonchev–Trinajstić information content (AvgIpc) is 3.30. The van der Waals surface area contributed by atoms with Crippen molar-refractivity contribution in [2.45, 2.75) is 90.9 Å². The Hall–Kier alpha value is -6.82. The molecule has 0 unspecified atom stereocenters. The van der Waals surface area contributed by atoms with Crippen molar-refractivity contribution >= 4 is 29.8 Å². The molecule has 0 atom stereocenters. The molecule has 0 aliphatic rings. The van der Waals surface area contributed by atoms with Gasteiger partial charge < -0.3 is 28.4 Å². The normalized spacial score (nSPS) is 10.7. The van der Waals surface area contributed by atoms with E-state index in [-0.39, 0.29) is 33.9 Å². The van der Waals surface area contributed by atoms with Crippen LogP contribution in [-0.2, 0) is 4.74 Å². The Morgan fingerprint density at radius 1 is 0.381 bits per heavy atom. The van der Waals surface area contributed by atoms with Gasteiger partial charge in [-0.25, -0.2) is 28.4 Å². The molecule has 0 amide bonds. The minimum atomic E-state index is -0.923. The molecule has 11 nitrogen and oxygen atoms in total. The number of esters is 5. The first-order chi connectivity index (χ1) is 30.6. The van der Waals surface area contributed by atoms with Crippen molar-refractivity contribution in [2.75, 3.05) is 13.2 Å². The number of benzene rings is 5. The van der Waals surface area contributed by atoms with Crippen LogP contribution in [0, 0.1) is 5.82 Å². The first kappa shape index (κ1) is 47.2. The summed E-state index contributed by atoms with van der Waals surface area (Å²) in [5.74, 6) is -3.82. The summed E-state index contributed by atoms with van der Waals surface area (Å²) >= 11 is 0. The van der Waals surface area contributed by atoms with Crippen LogP contribution in [0.2, 0.25) is 0 Å². The zero-order chi connectivity index (χ0) is 44.8. The Kier molecular flexibility index (Phi) is 18.9. The van der Waals surface area contributed by atoms with Crippen LogP contribution in [0.1, 0.15) is 143 Å². The van der Waals surface area contributed by atoms with Crippen molar-refractivity contribution in [2.24, 2.45) is 0 Å². The number of carbonyl (C=O) groups excluding carboxylic acids is 5. The number of unbranched alkanes of at least 4 members (excludes halogenated alkanes) is 10. The van der Waals surface area contributed by atoms with E-state index in [2.05, 4.69) is 13.8 Å². The molecule has 0 aliphatic heterocycles. The van der Waals surface area contributed by atoms with E-state index in [1.165, 1.54) is 124 Å². The van der Waals surface area contributed by atoms with E-state index in [1.54, 1.807) is 24.3 Å². The highest BCUT2D eigenvalue weighted by molar-refractivity contribution is 5.95. The fourth-order valence-corrected chi connectivity index (χ4v) is 6.23. The predicted molar refractivity (Wildman–Crippen MR) is 235 cm³/mol. The predicted octanol–water partition coefficient (Wildman–Crippen LogP) is 12.0. The maximum absolute atomic E-state index is 14.7. The van der Waals surface area contributed by atoms with E-state index in [0.29, 0.717) is 30.1 Å². The molecular weight excluding hydrogens is 808 g/mol. The fraction of sp³-hybridized carbons (Fsp3) is 0.314. The van der Waals surface area contributed by atoms with Crippen LogP contribution in [0.4, 0.5) is 4.39 Å². The van der Waals surface area contributed by atoms with Crippen LogP contribution in [0.5, 0.6) is 28.7 Å². The summed E-state index contributed by atoms with van der Waals surface area (Å²) in [5, 5.41) is 0. The Bertz CT molecular complexity index is 2250. The molecule has 0 N–H and O–H groups in total. The van der Waals surface area contributed by atoms with Crippen LogP contribution in [0.15, 0.2) is 115 Å². The Labute approximate surface area is 367 Å². The standard InChI is InChI=1S/C51H53FO11/c1-3-5-7-9-11-13-33-58-41-24-15-37(16-25-41)48(54)61-43-30-21-39(22-31-43)50(56)63-46-35-40(23-32-45(46)52)51(57)62-44-28-19-38(20-29-44)49(55)60-42-26-17-36(18-27-42)47(53)59-34-14-12-10-8-6-4-2/h15-32,35H,3-14,33-34H2,1-2H3. The lowest BCUT2D eigenvalue weighted by Crippen LogP contribution is -2.13. The maximum atomic E-state index is 14.7. The highest BCUT2D eigenvalue weighted by Gasteiger charge is 2.18. The molecule has 0 bridgehead atoms. The van der Waals surface area contributed by atoms with Crippen LogP contribution in [0.3, 0.4) is 0 Å².